The number of carbonyl (C=O) groups excluding carboxylic acids is 3. The largest absolute Gasteiger partial charge is 0.354 e. The van der Waals surface area contributed by atoms with Gasteiger partial charge in [-0.1, -0.05) is 6.07 Å². The van der Waals surface area contributed by atoms with Gasteiger partial charge in [-0.05, 0) is 12.5 Å². The first kappa shape index (κ1) is 20.2. The van der Waals surface area contributed by atoms with Crippen molar-refractivity contribution in [2.45, 2.75) is 44.9 Å². The lowest BCUT2D eigenvalue weighted by Crippen LogP contribution is -2.62. The quantitative estimate of drug-likeness (QED) is 0.757. The number of hydrogen-bond acceptors (Lipinski definition) is 4. The van der Waals surface area contributed by atoms with Crippen molar-refractivity contribution in [3.05, 3.63) is 35.4 Å². The molecule has 2 aliphatic heterocycles. The van der Waals surface area contributed by atoms with Crippen molar-refractivity contribution in [3.63, 3.8) is 0 Å². The molecule has 0 bridgehead atoms. The van der Waals surface area contributed by atoms with Gasteiger partial charge < -0.3 is 15.5 Å². The Morgan fingerprint density at radius 1 is 1.18 bits per heavy atom. The third-order valence-electron chi connectivity index (χ3n) is 5.21. The van der Waals surface area contributed by atoms with E-state index in [1.54, 1.807) is 4.90 Å². The summed E-state index contributed by atoms with van der Waals surface area (Å²) in [5.74, 6) is -1.92. The van der Waals surface area contributed by atoms with Gasteiger partial charge in [-0.15, -0.1) is 0 Å². The molecule has 2 fully saturated rings. The zero-order chi connectivity index (χ0) is 20.4. The van der Waals surface area contributed by atoms with Crippen LogP contribution >= 0.6 is 0 Å². The van der Waals surface area contributed by atoms with E-state index < -0.39 is 17.7 Å². The van der Waals surface area contributed by atoms with Crippen LogP contribution in [-0.4, -0.2) is 65.3 Å². The molecule has 3 amide bonds. The second-order valence-corrected chi connectivity index (χ2v) is 7.40. The first-order valence-corrected chi connectivity index (χ1v) is 9.24. The van der Waals surface area contributed by atoms with Gasteiger partial charge in [0.25, 0.3) is 0 Å². The van der Waals surface area contributed by atoms with Crippen LogP contribution < -0.4 is 10.6 Å². The second kappa shape index (κ2) is 8.22. The zero-order valence-electron chi connectivity index (χ0n) is 15.9. The predicted molar refractivity (Wildman–Crippen MR) is 97.0 cm³/mol. The summed E-state index contributed by atoms with van der Waals surface area (Å²) in [7, 11) is 0. The van der Waals surface area contributed by atoms with Crippen LogP contribution in [0.3, 0.4) is 0 Å². The number of rotatable bonds is 5. The highest BCUT2D eigenvalue weighted by Crippen LogP contribution is 2.28. The number of piperazine rings is 1. The summed E-state index contributed by atoms with van der Waals surface area (Å²) in [6.07, 6.45) is 0.612. The van der Waals surface area contributed by atoms with Gasteiger partial charge in [0.2, 0.25) is 17.7 Å². The molecule has 28 heavy (non-hydrogen) atoms. The molecule has 2 N–H and O–H groups in total. The first-order chi connectivity index (χ1) is 13.2. The fraction of sp³-hybridized carbons (Fsp3) is 0.526. The van der Waals surface area contributed by atoms with Gasteiger partial charge in [-0.2, -0.15) is 0 Å². The SMILES string of the molecule is CC(=O)NC[C@H]1C(=O)N2C[C@@H](NC(C)=O)C[C@H]2CN1Cc1ccc(F)cc1F. The van der Waals surface area contributed by atoms with E-state index in [1.165, 1.54) is 26.0 Å². The van der Waals surface area contributed by atoms with Crippen molar-refractivity contribution in [2.75, 3.05) is 19.6 Å². The Morgan fingerprint density at radius 3 is 2.57 bits per heavy atom. The van der Waals surface area contributed by atoms with Gasteiger partial charge in [-0.3, -0.25) is 19.3 Å². The molecule has 3 rings (SSSR count). The van der Waals surface area contributed by atoms with Crippen molar-refractivity contribution < 1.29 is 23.2 Å². The summed E-state index contributed by atoms with van der Waals surface area (Å²) in [6, 6.07) is 2.48. The molecule has 2 aliphatic rings. The zero-order valence-corrected chi connectivity index (χ0v) is 15.9. The smallest absolute Gasteiger partial charge is 0.242 e. The molecule has 3 atom stereocenters. The molecule has 2 heterocycles. The summed E-state index contributed by atoms with van der Waals surface area (Å²) >= 11 is 0. The number of fused-ring (bicyclic) bond motifs is 1. The number of benzene rings is 1. The Labute approximate surface area is 162 Å². The lowest BCUT2D eigenvalue weighted by Gasteiger charge is -2.42. The fourth-order valence-electron chi connectivity index (χ4n) is 4.00. The molecule has 7 nitrogen and oxygen atoms in total. The molecular formula is C19H24F2N4O3. The van der Waals surface area contributed by atoms with Gasteiger partial charge in [-0.25, -0.2) is 8.78 Å². The third kappa shape index (κ3) is 4.46. The summed E-state index contributed by atoms with van der Waals surface area (Å²) < 4.78 is 27.3. The van der Waals surface area contributed by atoms with Crippen molar-refractivity contribution in [1.82, 2.24) is 20.4 Å². The standard InChI is InChI=1S/C19H24F2N4O3/c1-11(26)22-7-18-19(28)25-9-15(23-12(2)27)6-16(25)10-24(18)8-13-3-4-14(20)5-17(13)21/h3-5,15-16,18H,6-10H2,1-2H3,(H,22,26)(H,23,27)/t15-,16-,18-/m0/s1. The van der Waals surface area contributed by atoms with Crippen molar-refractivity contribution in [1.29, 1.82) is 0 Å². The topological polar surface area (TPSA) is 81.8 Å². The van der Waals surface area contributed by atoms with E-state index in [1.807, 2.05) is 4.90 Å². The van der Waals surface area contributed by atoms with E-state index in [0.717, 1.165) is 6.07 Å². The lowest BCUT2D eigenvalue weighted by atomic mass is 10.0. The average molecular weight is 394 g/mol. The average Bonchev–Trinajstić information content (AvgIpc) is 2.98. The van der Waals surface area contributed by atoms with Gasteiger partial charge in [0.05, 0.1) is 0 Å². The molecule has 9 heteroatoms. The number of amides is 3. The molecule has 0 spiro atoms. The number of hydrogen-bond donors (Lipinski definition) is 2. The first-order valence-electron chi connectivity index (χ1n) is 9.24. The van der Waals surface area contributed by atoms with Crippen LogP contribution in [-0.2, 0) is 20.9 Å². The van der Waals surface area contributed by atoms with Crippen molar-refractivity contribution in [2.24, 2.45) is 0 Å². The van der Waals surface area contributed by atoms with Gasteiger partial charge in [0, 0.05) is 63.7 Å². The Bertz CT molecular complexity index is 788. The highest BCUT2D eigenvalue weighted by atomic mass is 19.1. The van der Waals surface area contributed by atoms with E-state index in [-0.39, 0.29) is 48.5 Å². The third-order valence-corrected chi connectivity index (χ3v) is 5.21. The fourth-order valence-corrected chi connectivity index (χ4v) is 4.00. The van der Waals surface area contributed by atoms with E-state index >= 15 is 0 Å². The minimum absolute atomic E-state index is 0.102. The molecule has 0 saturated carbocycles. The highest BCUT2D eigenvalue weighted by Gasteiger charge is 2.45. The maximum Gasteiger partial charge on any atom is 0.242 e. The van der Waals surface area contributed by atoms with Crippen LogP contribution in [0.4, 0.5) is 8.78 Å². The summed E-state index contributed by atoms with van der Waals surface area (Å²) in [5.41, 5.74) is 0.284. The summed E-state index contributed by atoms with van der Waals surface area (Å²) in [4.78, 5) is 39.3. The van der Waals surface area contributed by atoms with E-state index in [9.17, 15) is 23.2 Å². The predicted octanol–water partition coefficient (Wildman–Crippen LogP) is 0.391. The number of halogens is 2. The Kier molecular flexibility index (Phi) is 5.93. The van der Waals surface area contributed by atoms with Crippen molar-refractivity contribution >= 4 is 17.7 Å². The highest BCUT2D eigenvalue weighted by molar-refractivity contribution is 5.85. The molecule has 0 aromatic heterocycles. The van der Waals surface area contributed by atoms with E-state index in [0.29, 0.717) is 19.5 Å². The van der Waals surface area contributed by atoms with E-state index in [2.05, 4.69) is 10.6 Å². The molecule has 0 radical (unpaired) electrons. The van der Waals surface area contributed by atoms with Gasteiger partial charge >= 0.3 is 0 Å². The number of nitrogens with one attached hydrogen (secondary N) is 2. The Hall–Kier alpha value is -2.55. The minimum Gasteiger partial charge on any atom is -0.354 e. The Balaban J connectivity index is 1.80. The van der Waals surface area contributed by atoms with Crippen LogP contribution in [0.5, 0.6) is 0 Å². The molecular weight excluding hydrogens is 370 g/mol. The van der Waals surface area contributed by atoms with Crippen molar-refractivity contribution in [3.8, 4) is 0 Å². The molecule has 152 valence electrons. The molecule has 2 saturated heterocycles. The molecule has 1 aromatic rings. The van der Waals surface area contributed by atoms with Crippen LogP contribution in [0, 0.1) is 11.6 Å². The number of nitrogens with zero attached hydrogens (tertiary/aromatic N) is 2. The maximum absolute atomic E-state index is 14.1. The number of carbonyl (C=O) groups is 3. The summed E-state index contributed by atoms with van der Waals surface area (Å²) in [5, 5.41) is 5.50. The maximum atomic E-state index is 14.1. The van der Waals surface area contributed by atoms with Crippen LogP contribution in [0.15, 0.2) is 18.2 Å². The van der Waals surface area contributed by atoms with Gasteiger partial charge in [0.1, 0.15) is 17.7 Å². The van der Waals surface area contributed by atoms with Crippen LogP contribution in [0.2, 0.25) is 0 Å². The van der Waals surface area contributed by atoms with Crippen LogP contribution in [0.25, 0.3) is 0 Å². The molecule has 0 aliphatic carbocycles. The van der Waals surface area contributed by atoms with Gasteiger partial charge in [0.15, 0.2) is 0 Å². The van der Waals surface area contributed by atoms with Crippen LogP contribution in [0.1, 0.15) is 25.8 Å². The van der Waals surface area contributed by atoms with E-state index in [4.69, 9.17) is 0 Å². The summed E-state index contributed by atoms with van der Waals surface area (Å²) in [6.45, 7) is 3.91. The lowest BCUT2D eigenvalue weighted by molar-refractivity contribution is -0.144. The molecule has 0 unspecified atom stereocenters. The minimum atomic E-state index is -0.671. The normalized spacial score (nSPS) is 24.8. The Morgan fingerprint density at radius 2 is 1.93 bits per heavy atom. The monoisotopic (exact) mass is 394 g/mol. The second-order valence-electron chi connectivity index (χ2n) is 7.40. The molecule has 1 aromatic carbocycles.